The number of carbonyl (C=O) groups excluding carboxylic acids is 2. The molecule has 8 heteroatoms. The second-order valence-corrected chi connectivity index (χ2v) is 11.8. The van der Waals surface area contributed by atoms with Crippen LogP contribution in [0.3, 0.4) is 0 Å². The lowest BCUT2D eigenvalue weighted by atomic mass is 9.95. The number of carbonyl (C=O) groups is 2. The van der Waals surface area contributed by atoms with E-state index < -0.39 is 22.0 Å². The minimum Gasteiger partial charge on any atom is -0.352 e. The number of rotatable bonds is 10. The lowest BCUT2D eigenvalue weighted by molar-refractivity contribution is -0.140. The second-order valence-electron chi connectivity index (χ2n) is 9.89. The highest BCUT2D eigenvalue weighted by molar-refractivity contribution is 7.92. The van der Waals surface area contributed by atoms with Gasteiger partial charge in [0.2, 0.25) is 21.8 Å². The van der Waals surface area contributed by atoms with Gasteiger partial charge in [-0.05, 0) is 61.9 Å². The summed E-state index contributed by atoms with van der Waals surface area (Å²) in [6.45, 7) is 5.52. The Kier molecular flexibility index (Phi) is 9.54. The van der Waals surface area contributed by atoms with Crippen LogP contribution in [0, 0.1) is 13.8 Å². The summed E-state index contributed by atoms with van der Waals surface area (Å²) in [4.78, 5) is 28.7. The second kappa shape index (κ2) is 12.4. The lowest BCUT2D eigenvalue weighted by Crippen LogP contribution is -2.53. The predicted molar refractivity (Wildman–Crippen MR) is 144 cm³/mol. The number of sulfonamides is 1. The molecule has 0 bridgehead atoms. The Morgan fingerprint density at radius 2 is 1.61 bits per heavy atom. The summed E-state index contributed by atoms with van der Waals surface area (Å²) < 4.78 is 26.7. The van der Waals surface area contributed by atoms with E-state index in [-0.39, 0.29) is 25.0 Å². The van der Waals surface area contributed by atoms with Gasteiger partial charge >= 0.3 is 0 Å². The van der Waals surface area contributed by atoms with Crippen LogP contribution in [0.1, 0.15) is 62.1 Å². The molecule has 0 aromatic heterocycles. The van der Waals surface area contributed by atoms with Gasteiger partial charge in [0.25, 0.3) is 0 Å². The van der Waals surface area contributed by atoms with Crippen LogP contribution in [0.4, 0.5) is 5.69 Å². The van der Waals surface area contributed by atoms with Gasteiger partial charge in [-0.2, -0.15) is 0 Å². The number of amides is 2. The van der Waals surface area contributed by atoms with Crippen LogP contribution in [-0.4, -0.2) is 50.0 Å². The Labute approximate surface area is 215 Å². The Morgan fingerprint density at radius 3 is 2.17 bits per heavy atom. The fourth-order valence-electron chi connectivity index (χ4n) is 4.95. The van der Waals surface area contributed by atoms with Crippen LogP contribution in [0.2, 0.25) is 0 Å². The predicted octanol–water partition coefficient (Wildman–Crippen LogP) is 4.33. The SMILES string of the molecule is CC[C@@H](C(=O)NC1CCCCC1)N(Cc1ccccc1)C(=O)CN(c1cc(C)cc(C)c1)S(C)(=O)=O. The standard InChI is InChI=1S/C28H39N3O4S/c1-5-26(28(33)29-24-14-10-7-11-15-24)30(19-23-12-8-6-9-13-23)27(32)20-31(36(4,34)35)25-17-21(2)16-22(3)18-25/h6,8-9,12-13,16-18,24,26H,5,7,10-11,14-15,19-20H2,1-4H3,(H,29,33)/t26-/m0/s1. The van der Waals surface area contributed by atoms with Crippen molar-refractivity contribution in [3.63, 3.8) is 0 Å². The highest BCUT2D eigenvalue weighted by Gasteiger charge is 2.32. The molecule has 0 unspecified atom stereocenters. The number of nitrogens with one attached hydrogen (secondary N) is 1. The third kappa shape index (κ3) is 7.56. The number of aryl methyl sites for hydroxylation is 2. The molecule has 1 aliphatic carbocycles. The number of benzene rings is 2. The van der Waals surface area contributed by atoms with Crippen molar-refractivity contribution in [1.82, 2.24) is 10.2 Å². The van der Waals surface area contributed by atoms with Gasteiger partial charge in [0.15, 0.2) is 0 Å². The van der Waals surface area contributed by atoms with Crippen LogP contribution in [-0.2, 0) is 26.2 Å². The molecule has 196 valence electrons. The molecular formula is C28H39N3O4S. The van der Waals surface area contributed by atoms with Gasteiger partial charge in [-0.15, -0.1) is 0 Å². The van der Waals surface area contributed by atoms with Gasteiger partial charge in [-0.1, -0.05) is 62.6 Å². The minimum absolute atomic E-state index is 0.122. The van der Waals surface area contributed by atoms with Gasteiger partial charge in [0, 0.05) is 12.6 Å². The maximum Gasteiger partial charge on any atom is 0.244 e. The largest absolute Gasteiger partial charge is 0.352 e. The summed E-state index contributed by atoms with van der Waals surface area (Å²) >= 11 is 0. The fourth-order valence-corrected chi connectivity index (χ4v) is 5.79. The van der Waals surface area contributed by atoms with E-state index in [1.54, 1.807) is 12.1 Å². The van der Waals surface area contributed by atoms with E-state index in [1.807, 2.05) is 57.2 Å². The molecule has 0 radical (unpaired) electrons. The first-order valence-corrected chi connectivity index (χ1v) is 14.6. The van der Waals surface area contributed by atoms with Gasteiger partial charge in [0.05, 0.1) is 11.9 Å². The quantitative estimate of drug-likeness (QED) is 0.512. The van der Waals surface area contributed by atoms with Gasteiger partial charge in [-0.25, -0.2) is 8.42 Å². The van der Waals surface area contributed by atoms with Crippen molar-refractivity contribution in [1.29, 1.82) is 0 Å². The van der Waals surface area contributed by atoms with Gasteiger partial charge < -0.3 is 10.2 Å². The molecule has 1 atom stereocenters. The molecule has 3 rings (SSSR count). The van der Waals surface area contributed by atoms with E-state index >= 15 is 0 Å². The zero-order chi connectivity index (χ0) is 26.3. The van der Waals surface area contributed by atoms with E-state index in [2.05, 4.69) is 5.32 Å². The average Bonchev–Trinajstić information content (AvgIpc) is 2.82. The smallest absolute Gasteiger partial charge is 0.244 e. The van der Waals surface area contributed by atoms with Crippen molar-refractivity contribution in [2.24, 2.45) is 0 Å². The molecule has 2 aromatic carbocycles. The topological polar surface area (TPSA) is 86.8 Å². The first-order valence-electron chi connectivity index (χ1n) is 12.8. The molecule has 1 saturated carbocycles. The van der Waals surface area contributed by atoms with E-state index in [0.29, 0.717) is 12.1 Å². The van der Waals surface area contributed by atoms with Crippen molar-refractivity contribution in [2.45, 2.75) is 77.9 Å². The van der Waals surface area contributed by atoms with Crippen LogP contribution < -0.4 is 9.62 Å². The van der Waals surface area contributed by atoms with Gasteiger partial charge in [-0.3, -0.25) is 13.9 Å². The van der Waals surface area contributed by atoms with Gasteiger partial charge in [0.1, 0.15) is 12.6 Å². The Hall–Kier alpha value is -2.87. The molecule has 2 amide bonds. The van der Waals surface area contributed by atoms with E-state index in [1.165, 1.54) is 11.3 Å². The molecule has 0 spiro atoms. The first kappa shape index (κ1) is 27.7. The molecule has 7 nitrogen and oxygen atoms in total. The molecular weight excluding hydrogens is 474 g/mol. The number of hydrogen-bond acceptors (Lipinski definition) is 4. The van der Waals surface area contributed by atoms with Crippen molar-refractivity contribution in [3.05, 3.63) is 65.2 Å². The van der Waals surface area contributed by atoms with E-state index in [0.717, 1.165) is 52.9 Å². The normalized spacial score (nSPS) is 15.2. The van der Waals surface area contributed by atoms with E-state index in [4.69, 9.17) is 0 Å². The van der Waals surface area contributed by atoms with Crippen LogP contribution in [0.15, 0.2) is 48.5 Å². The number of nitrogens with zero attached hydrogens (tertiary/aromatic N) is 2. The van der Waals surface area contributed by atoms with Crippen LogP contribution in [0.5, 0.6) is 0 Å². The molecule has 1 aliphatic rings. The molecule has 36 heavy (non-hydrogen) atoms. The molecule has 2 aromatic rings. The molecule has 1 fully saturated rings. The number of anilines is 1. The Balaban J connectivity index is 1.91. The summed E-state index contributed by atoms with van der Waals surface area (Å²) in [5, 5.41) is 3.16. The summed E-state index contributed by atoms with van der Waals surface area (Å²) in [6, 6.07) is 14.4. The first-order chi connectivity index (χ1) is 17.1. The monoisotopic (exact) mass is 513 g/mol. The maximum absolute atomic E-state index is 13.8. The zero-order valence-corrected chi connectivity index (χ0v) is 22.7. The zero-order valence-electron chi connectivity index (χ0n) is 21.9. The van der Waals surface area contributed by atoms with Crippen LogP contribution >= 0.6 is 0 Å². The highest BCUT2D eigenvalue weighted by atomic mass is 32.2. The third-order valence-electron chi connectivity index (χ3n) is 6.71. The van der Waals surface area contributed by atoms with Crippen molar-refractivity contribution in [3.8, 4) is 0 Å². The summed E-state index contributed by atoms with van der Waals surface area (Å²) in [7, 11) is -3.74. The Bertz CT molecular complexity index is 1120. The summed E-state index contributed by atoms with van der Waals surface area (Å²) in [6.07, 6.45) is 6.79. The molecule has 1 N–H and O–H groups in total. The van der Waals surface area contributed by atoms with E-state index in [9.17, 15) is 18.0 Å². The number of hydrogen-bond donors (Lipinski definition) is 1. The molecule has 0 heterocycles. The van der Waals surface area contributed by atoms with Crippen LogP contribution in [0.25, 0.3) is 0 Å². The summed E-state index contributed by atoms with van der Waals surface area (Å²) in [5.41, 5.74) is 3.14. The molecule has 0 saturated heterocycles. The fraction of sp³-hybridized carbons (Fsp3) is 0.500. The van der Waals surface area contributed by atoms with Crippen molar-refractivity contribution in [2.75, 3.05) is 17.1 Å². The maximum atomic E-state index is 13.8. The molecule has 0 aliphatic heterocycles. The third-order valence-corrected chi connectivity index (χ3v) is 7.85. The minimum atomic E-state index is -3.74. The van der Waals surface area contributed by atoms with Crippen molar-refractivity contribution < 1.29 is 18.0 Å². The highest BCUT2D eigenvalue weighted by Crippen LogP contribution is 2.23. The summed E-state index contributed by atoms with van der Waals surface area (Å²) in [5.74, 6) is -0.583. The lowest BCUT2D eigenvalue weighted by Gasteiger charge is -2.34. The van der Waals surface area contributed by atoms with Crippen molar-refractivity contribution >= 4 is 27.5 Å². The average molecular weight is 514 g/mol. The Morgan fingerprint density at radius 1 is 1.00 bits per heavy atom.